The molecule has 0 spiro atoms. The smallest absolute Gasteiger partial charge is 0.225 e. The Morgan fingerprint density at radius 3 is 2.86 bits per heavy atom. The van der Waals surface area contributed by atoms with Gasteiger partial charge in [-0.1, -0.05) is 34.1 Å². The van der Waals surface area contributed by atoms with E-state index in [4.69, 9.17) is 0 Å². The zero-order chi connectivity index (χ0) is 20.1. The summed E-state index contributed by atoms with van der Waals surface area (Å²) in [5.41, 5.74) is 0.948. The number of fused-ring (bicyclic) bond motifs is 1. The lowest BCUT2D eigenvalue weighted by molar-refractivity contribution is -0.131. The summed E-state index contributed by atoms with van der Waals surface area (Å²) in [4.78, 5) is 26.2. The molecular weight excluding hydrogens is 425 g/mol. The number of amides is 1. The summed E-state index contributed by atoms with van der Waals surface area (Å²) in [7, 11) is 0. The van der Waals surface area contributed by atoms with E-state index < -0.39 is 0 Å². The average Bonchev–Trinajstić information content (AvgIpc) is 2.70. The molecule has 0 saturated carbocycles. The number of nitrogens with zero attached hydrogens (tertiary/aromatic N) is 3. The summed E-state index contributed by atoms with van der Waals surface area (Å²) in [6.07, 6.45) is 3.04. The molecule has 0 aliphatic heterocycles. The quantitative estimate of drug-likeness (QED) is 0.520. The lowest BCUT2D eigenvalue weighted by atomic mass is 10.2. The Morgan fingerprint density at radius 1 is 1.29 bits per heavy atom. The normalized spacial score (nSPS) is 10.8. The average molecular weight is 444 g/mol. The van der Waals surface area contributed by atoms with E-state index in [2.05, 4.69) is 27.6 Å². The summed E-state index contributed by atoms with van der Waals surface area (Å²) in [5, 5.41) is 4.70. The van der Waals surface area contributed by atoms with E-state index in [0.29, 0.717) is 29.6 Å². The van der Waals surface area contributed by atoms with Crippen molar-refractivity contribution < 1.29 is 9.18 Å². The molecule has 2 aromatic carbocycles. The molecule has 144 valence electrons. The highest BCUT2D eigenvalue weighted by molar-refractivity contribution is 9.10. The van der Waals surface area contributed by atoms with Crippen LogP contribution in [0, 0.1) is 5.82 Å². The molecule has 1 amide bonds. The highest BCUT2D eigenvalue weighted by Crippen LogP contribution is 2.18. The fourth-order valence-corrected chi connectivity index (χ4v) is 3.39. The molecule has 3 aromatic rings. The Hall–Kier alpha value is -2.80. The molecule has 5 nitrogen and oxygen atoms in total. The van der Waals surface area contributed by atoms with Gasteiger partial charge >= 0.3 is 0 Å². The van der Waals surface area contributed by atoms with Gasteiger partial charge in [0.05, 0.1) is 18.3 Å². The summed E-state index contributed by atoms with van der Waals surface area (Å²) >= 11 is 3.32. The van der Waals surface area contributed by atoms with Gasteiger partial charge in [0.15, 0.2) is 0 Å². The standard InChI is InChI=1S/C21H19BrFN3O2/c1-2-10-25(14-15-12-16(22)7-8-18(15)23)21(28)9-11-26-19-6-4-3-5-17(19)20(27)13-24-26/h2-8,12-13H,1,9-11,14H2. The molecule has 0 unspecified atom stereocenters. The van der Waals surface area contributed by atoms with Crippen LogP contribution in [0.15, 0.2) is 70.6 Å². The third-order valence-electron chi connectivity index (χ3n) is 4.37. The number of hydrogen-bond acceptors (Lipinski definition) is 3. The van der Waals surface area contributed by atoms with Crippen LogP contribution in [0.3, 0.4) is 0 Å². The Bertz CT molecular complexity index is 1080. The minimum atomic E-state index is -0.363. The number of hydrogen-bond donors (Lipinski definition) is 0. The van der Waals surface area contributed by atoms with Crippen LogP contribution in [-0.2, 0) is 17.9 Å². The molecule has 0 aliphatic rings. The maximum atomic E-state index is 14.1. The second kappa shape index (κ2) is 8.93. The van der Waals surface area contributed by atoms with Crippen LogP contribution in [0.1, 0.15) is 12.0 Å². The van der Waals surface area contributed by atoms with Crippen molar-refractivity contribution in [2.24, 2.45) is 0 Å². The van der Waals surface area contributed by atoms with Crippen molar-refractivity contribution in [3.63, 3.8) is 0 Å². The first-order chi connectivity index (χ1) is 13.5. The number of benzene rings is 2. The zero-order valence-electron chi connectivity index (χ0n) is 15.1. The molecule has 3 rings (SSSR count). The van der Waals surface area contributed by atoms with Gasteiger partial charge in [0, 0.05) is 34.9 Å². The van der Waals surface area contributed by atoms with Crippen molar-refractivity contribution in [2.75, 3.05) is 6.54 Å². The van der Waals surface area contributed by atoms with Crippen LogP contribution in [0.2, 0.25) is 0 Å². The first kappa shape index (κ1) is 19.9. The molecule has 7 heteroatoms. The monoisotopic (exact) mass is 443 g/mol. The van der Waals surface area contributed by atoms with Crippen LogP contribution >= 0.6 is 15.9 Å². The van der Waals surface area contributed by atoms with Crippen LogP contribution in [0.25, 0.3) is 10.9 Å². The van der Waals surface area contributed by atoms with E-state index in [1.165, 1.54) is 12.3 Å². The van der Waals surface area contributed by atoms with Crippen molar-refractivity contribution >= 4 is 32.7 Å². The van der Waals surface area contributed by atoms with E-state index in [1.54, 1.807) is 46.0 Å². The van der Waals surface area contributed by atoms with Crippen LogP contribution in [0.5, 0.6) is 0 Å². The van der Waals surface area contributed by atoms with E-state index in [-0.39, 0.29) is 30.1 Å². The Balaban J connectivity index is 1.76. The Kier molecular flexibility index (Phi) is 6.36. The number of carbonyl (C=O) groups is 1. The van der Waals surface area contributed by atoms with Crippen LogP contribution < -0.4 is 5.43 Å². The second-order valence-corrected chi connectivity index (χ2v) is 7.21. The highest BCUT2D eigenvalue weighted by atomic mass is 79.9. The fraction of sp³-hybridized carbons (Fsp3) is 0.190. The van der Waals surface area contributed by atoms with Gasteiger partial charge in [-0.2, -0.15) is 5.10 Å². The zero-order valence-corrected chi connectivity index (χ0v) is 16.7. The largest absolute Gasteiger partial charge is 0.334 e. The summed E-state index contributed by atoms with van der Waals surface area (Å²) in [6.45, 7) is 4.45. The maximum absolute atomic E-state index is 14.1. The van der Waals surface area contributed by atoms with Crippen molar-refractivity contribution in [1.82, 2.24) is 14.7 Å². The molecule has 0 atom stereocenters. The van der Waals surface area contributed by atoms with Crippen molar-refractivity contribution in [1.29, 1.82) is 0 Å². The Morgan fingerprint density at radius 2 is 2.07 bits per heavy atom. The lowest BCUT2D eigenvalue weighted by Crippen LogP contribution is -2.32. The number of carbonyl (C=O) groups excluding carboxylic acids is 1. The molecule has 0 N–H and O–H groups in total. The molecule has 0 radical (unpaired) electrons. The highest BCUT2D eigenvalue weighted by Gasteiger charge is 2.16. The summed E-state index contributed by atoms with van der Waals surface area (Å²) in [6, 6.07) is 11.8. The van der Waals surface area contributed by atoms with E-state index in [1.807, 2.05) is 6.07 Å². The van der Waals surface area contributed by atoms with Gasteiger partial charge < -0.3 is 4.90 Å². The molecule has 0 fully saturated rings. The molecule has 0 aliphatic carbocycles. The molecule has 0 bridgehead atoms. The van der Waals surface area contributed by atoms with E-state index in [0.717, 1.165) is 4.47 Å². The van der Waals surface area contributed by atoms with E-state index >= 15 is 0 Å². The third-order valence-corrected chi connectivity index (χ3v) is 4.86. The van der Waals surface area contributed by atoms with Gasteiger partial charge in [0.2, 0.25) is 11.3 Å². The molecule has 1 heterocycles. The molecule has 28 heavy (non-hydrogen) atoms. The van der Waals surface area contributed by atoms with Gasteiger partial charge in [-0.05, 0) is 30.3 Å². The first-order valence-electron chi connectivity index (χ1n) is 8.77. The van der Waals surface area contributed by atoms with Crippen LogP contribution in [0.4, 0.5) is 4.39 Å². The number of para-hydroxylation sites is 1. The minimum absolute atomic E-state index is 0.147. The molecule has 1 aromatic heterocycles. The number of rotatable bonds is 7. The van der Waals surface area contributed by atoms with E-state index in [9.17, 15) is 14.0 Å². The number of aromatic nitrogens is 2. The Labute approximate surface area is 170 Å². The summed E-state index contributed by atoms with van der Waals surface area (Å²) < 4.78 is 16.5. The topological polar surface area (TPSA) is 55.2 Å². The predicted octanol–water partition coefficient (Wildman–Crippen LogP) is 3.90. The van der Waals surface area contributed by atoms with Gasteiger partial charge in [0.1, 0.15) is 5.82 Å². The van der Waals surface area contributed by atoms with Crippen molar-refractivity contribution in [3.8, 4) is 0 Å². The third kappa shape index (κ3) is 4.54. The predicted molar refractivity (Wildman–Crippen MR) is 110 cm³/mol. The number of halogens is 2. The SMILES string of the molecule is C=CCN(Cc1cc(Br)ccc1F)C(=O)CCn1ncc(=O)c2ccccc21. The van der Waals surface area contributed by atoms with Crippen molar-refractivity contribution in [2.45, 2.75) is 19.5 Å². The number of aryl methyl sites for hydroxylation is 1. The summed E-state index contributed by atoms with van der Waals surface area (Å²) in [5.74, 6) is -0.512. The fourth-order valence-electron chi connectivity index (χ4n) is 2.98. The second-order valence-electron chi connectivity index (χ2n) is 6.30. The van der Waals surface area contributed by atoms with Crippen LogP contribution in [-0.4, -0.2) is 27.1 Å². The maximum Gasteiger partial charge on any atom is 0.225 e. The minimum Gasteiger partial charge on any atom is -0.334 e. The van der Waals surface area contributed by atoms with Gasteiger partial charge in [-0.15, -0.1) is 6.58 Å². The van der Waals surface area contributed by atoms with Gasteiger partial charge in [0.25, 0.3) is 0 Å². The molecular formula is C21H19BrFN3O2. The molecule has 0 saturated heterocycles. The first-order valence-corrected chi connectivity index (χ1v) is 9.56. The van der Waals surface area contributed by atoms with Gasteiger partial charge in [-0.25, -0.2) is 4.39 Å². The van der Waals surface area contributed by atoms with Crippen molar-refractivity contribution in [3.05, 3.63) is 87.4 Å². The lowest BCUT2D eigenvalue weighted by Gasteiger charge is -2.22. The van der Waals surface area contributed by atoms with Gasteiger partial charge in [-0.3, -0.25) is 14.3 Å².